The zero-order chi connectivity index (χ0) is 14.8. The van der Waals surface area contributed by atoms with Gasteiger partial charge in [0.2, 0.25) is 0 Å². The molecular weight excluding hydrogens is 314 g/mol. The molecular formula is C17H22BrNO. The fourth-order valence-electron chi connectivity index (χ4n) is 2.25. The molecule has 0 amide bonds. The largest absolute Gasteiger partial charge is 0.452 e. The maximum Gasteiger partial charge on any atom is 0.169 e. The standard InChI is InChI=1S/C17H22BrNO/c1-5-19-16(14-10-11-15(18)20-14)12-6-8-13(9-7-12)17(2,3)4/h6-11,16,19H,5H2,1-4H3. The van der Waals surface area contributed by atoms with Crippen molar-refractivity contribution < 1.29 is 4.42 Å². The fraction of sp³-hybridized carbons (Fsp3) is 0.412. The third kappa shape index (κ3) is 3.53. The van der Waals surface area contributed by atoms with Crippen molar-refractivity contribution >= 4 is 15.9 Å². The molecule has 1 atom stereocenters. The van der Waals surface area contributed by atoms with E-state index in [-0.39, 0.29) is 11.5 Å². The van der Waals surface area contributed by atoms with E-state index in [9.17, 15) is 0 Å². The first kappa shape index (κ1) is 15.3. The lowest BCUT2D eigenvalue weighted by Gasteiger charge is -2.21. The summed E-state index contributed by atoms with van der Waals surface area (Å²) < 4.78 is 6.47. The molecule has 0 bridgehead atoms. The van der Waals surface area contributed by atoms with Gasteiger partial charge >= 0.3 is 0 Å². The normalized spacial score (nSPS) is 13.4. The van der Waals surface area contributed by atoms with Gasteiger partial charge in [-0.25, -0.2) is 0 Å². The average Bonchev–Trinajstić information content (AvgIpc) is 2.81. The number of furan rings is 1. The third-order valence-corrected chi connectivity index (χ3v) is 3.82. The van der Waals surface area contributed by atoms with Crippen LogP contribution in [0.3, 0.4) is 0 Å². The Hall–Kier alpha value is -1.06. The molecule has 0 saturated carbocycles. The van der Waals surface area contributed by atoms with E-state index in [0.717, 1.165) is 17.0 Å². The number of halogens is 1. The zero-order valence-electron chi connectivity index (χ0n) is 12.5. The van der Waals surface area contributed by atoms with Crippen molar-refractivity contribution in [3.05, 3.63) is 58.0 Å². The molecule has 2 nitrogen and oxygen atoms in total. The summed E-state index contributed by atoms with van der Waals surface area (Å²) >= 11 is 3.37. The predicted octanol–water partition coefficient (Wildman–Crippen LogP) is 5.04. The van der Waals surface area contributed by atoms with E-state index >= 15 is 0 Å². The minimum Gasteiger partial charge on any atom is -0.452 e. The summed E-state index contributed by atoms with van der Waals surface area (Å²) in [7, 11) is 0. The zero-order valence-corrected chi connectivity index (χ0v) is 14.1. The molecule has 1 aromatic carbocycles. The van der Waals surface area contributed by atoms with Crippen molar-refractivity contribution in [3.8, 4) is 0 Å². The number of hydrogen-bond donors (Lipinski definition) is 1. The summed E-state index contributed by atoms with van der Waals surface area (Å²) in [6.45, 7) is 9.69. The van der Waals surface area contributed by atoms with Crippen LogP contribution in [0.4, 0.5) is 0 Å². The van der Waals surface area contributed by atoms with E-state index in [2.05, 4.69) is 73.2 Å². The van der Waals surface area contributed by atoms with Crippen LogP contribution < -0.4 is 5.32 Å². The van der Waals surface area contributed by atoms with E-state index in [4.69, 9.17) is 4.42 Å². The summed E-state index contributed by atoms with van der Waals surface area (Å²) in [4.78, 5) is 0. The Morgan fingerprint density at radius 1 is 1.10 bits per heavy atom. The lowest BCUT2D eigenvalue weighted by molar-refractivity contribution is 0.437. The Labute approximate surface area is 129 Å². The summed E-state index contributed by atoms with van der Waals surface area (Å²) in [5, 5.41) is 3.47. The van der Waals surface area contributed by atoms with Gasteiger partial charge in [-0.2, -0.15) is 0 Å². The van der Waals surface area contributed by atoms with Crippen LogP contribution in [0.1, 0.15) is 50.6 Å². The van der Waals surface area contributed by atoms with Crippen LogP contribution in [0.2, 0.25) is 0 Å². The molecule has 1 aromatic heterocycles. The fourth-order valence-corrected chi connectivity index (χ4v) is 2.56. The molecule has 1 N–H and O–H groups in total. The lowest BCUT2D eigenvalue weighted by Crippen LogP contribution is -2.21. The van der Waals surface area contributed by atoms with Crippen LogP contribution in [-0.2, 0) is 5.41 Å². The molecule has 2 rings (SSSR count). The second-order valence-electron chi connectivity index (χ2n) is 6.00. The smallest absolute Gasteiger partial charge is 0.169 e. The number of rotatable bonds is 4. The molecule has 1 unspecified atom stereocenters. The van der Waals surface area contributed by atoms with Crippen molar-refractivity contribution in [3.63, 3.8) is 0 Å². The molecule has 0 fully saturated rings. The van der Waals surface area contributed by atoms with Crippen LogP contribution >= 0.6 is 15.9 Å². The molecule has 0 aliphatic rings. The number of benzene rings is 1. The van der Waals surface area contributed by atoms with Gasteiger partial charge in [0.15, 0.2) is 4.67 Å². The van der Waals surface area contributed by atoms with Gasteiger partial charge in [-0.1, -0.05) is 52.0 Å². The topological polar surface area (TPSA) is 25.2 Å². The molecule has 2 aromatic rings. The van der Waals surface area contributed by atoms with Crippen LogP contribution in [0.5, 0.6) is 0 Å². The summed E-state index contributed by atoms with van der Waals surface area (Å²) in [6, 6.07) is 12.8. The van der Waals surface area contributed by atoms with Gasteiger partial charge in [-0.05, 0) is 51.1 Å². The molecule has 0 spiro atoms. The first-order chi connectivity index (χ1) is 9.41. The maximum atomic E-state index is 5.70. The van der Waals surface area contributed by atoms with Crippen LogP contribution in [0.15, 0.2) is 45.5 Å². The Bertz CT molecular complexity index is 551. The van der Waals surface area contributed by atoms with Crippen molar-refractivity contribution in [2.45, 2.75) is 39.2 Å². The highest BCUT2D eigenvalue weighted by Gasteiger charge is 2.18. The van der Waals surface area contributed by atoms with Gasteiger partial charge < -0.3 is 9.73 Å². The van der Waals surface area contributed by atoms with Gasteiger partial charge in [0.05, 0.1) is 6.04 Å². The Morgan fingerprint density at radius 2 is 1.75 bits per heavy atom. The second-order valence-corrected chi connectivity index (χ2v) is 6.79. The molecule has 108 valence electrons. The van der Waals surface area contributed by atoms with E-state index < -0.39 is 0 Å². The highest BCUT2D eigenvalue weighted by molar-refractivity contribution is 9.10. The minimum atomic E-state index is 0.0975. The molecule has 1 heterocycles. The number of nitrogens with one attached hydrogen (secondary N) is 1. The summed E-state index contributed by atoms with van der Waals surface area (Å²) in [6.07, 6.45) is 0. The van der Waals surface area contributed by atoms with Gasteiger partial charge in [-0.15, -0.1) is 0 Å². The van der Waals surface area contributed by atoms with Gasteiger partial charge in [0.1, 0.15) is 5.76 Å². The summed E-state index contributed by atoms with van der Waals surface area (Å²) in [5.74, 6) is 0.933. The monoisotopic (exact) mass is 335 g/mol. The third-order valence-electron chi connectivity index (χ3n) is 3.40. The highest BCUT2D eigenvalue weighted by Crippen LogP contribution is 2.28. The SMILES string of the molecule is CCNC(c1ccc(C(C)(C)C)cc1)c1ccc(Br)o1. The molecule has 20 heavy (non-hydrogen) atoms. The van der Waals surface area contributed by atoms with Gasteiger partial charge in [0, 0.05) is 0 Å². The molecule has 0 aliphatic heterocycles. The maximum absolute atomic E-state index is 5.70. The van der Waals surface area contributed by atoms with Crippen molar-refractivity contribution in [1.29, 1.82) is 0 Å². The molecule has 0 radical (unpaired) electrons. The molecule has 3 heteroatoms. The van der Waals surface area contributed by atoms with E-state index in [0.29, 0.717) is 0 Å². The Kier molecular flexibility index (Phi) is 4.71. The quantitative estimate of drug-likeness (QED) is 0.846. The highest BCUT2D eigenvalue weighted by atomic mass is 79.9. The molecule has 0 saturated heterocycles. The first-order valence-electron chi connectivity index (χ1n) is 7.01. The van der Waals surface area contributed by atoms with E-state index in [1.807, 2.05) is 12.1 Å². The summed E-state index contributed by atoms with van der Waals surface area (Å²) in [5.41, 5.74) is 2.75. The molecule has 0 aliphatic carbocycles. The lowest BCUT2D eigenvalue weighted by atomic mass is 9.86. The van der Waals surface area contributed by atoms with Crippen LogP contribution in [0, 0.1) is 0 Å². The van der Waals surface area contributed by atoms with Crippen molar-refractivity contribution in [2.24, 2.45) is 0 Å². The van der Waals surface area contributed by atoms with Crippen LogP contribution in [-0.4, -0.2) is 6.54 Å². The first-order valence-corrected chi connectivity index (χ1v) is 7.80. The van der Waals surface area contributed by atoms with Gasteiger partial charge in [0.25, 0.3) is 0 Å². The average molecular weight is 336 g/mol. The predicted molar refractivity (Wildman–Crippen MR) is 87.1 cm³/mol. The second kappa shape index (κ2) is 6.15. The Balaban J connectivity index is 2.30. The number of hydrogen-bond acceptors (Lipinski definition) is 2. The Morgan fingerprint density at radius 3 is 2.20 bits per heavy atom. The van der Waals surface area contributed by atoms with Crippen molar-refractivity contribution in [1.82, 2.24) is 5.32 Å². The van der Waals surface area contributed by atoms with Crippen molar-refractivity contribution in [2.75, 3.05) is 6.54 Å². The minimum absolute atomic E-state index is 0.0975. The van der Waals surface area contributed by atoms with E-state index in [1.54, 1.807) is 0 Å². The van der Waals surface area contributed by atoms with E-state index in [1.165, 1.54) is 11.1 Å². The van der Waals surface area contributed by atoms with Crippen LogP contribution in [0.25, 0.3) is 0 Å². The van der Waals surface area contributed by atoms with Gasteiger partial charge in [-0.3, -0.25) is 0 Å².